The van der Waals surface area contributed by atoms with Crippen LogP contribution in [-0.2, 0) is 13.6 Å². The number of hydrogen-bond acceptors (Lipinski definition) is 4. The van der Waals surface area contributed by atoms with E-state index < -0.39 is 0 Å². The molecule has 2 aromatic heterocycles. The molecule has 0 aliphatic carbocycles. The maximum atomic E-state index is 13.7. The average Bonchev–Trinajstić information content (AvgIpc) is 3.11. The minimum atomic E-state index is -0.287. The summed E-state index contributed by atoms with van der Waals surface area (Å²) in [6, 6.07) is 11.2. The maximum Gasteiger partial charge on any atom is 0.125 e. The Labute approximate surface area is 182 Å². The SMILES string of the molecule is Cc1cc(CNCCCN)cc(C)c1-c1ncn(C)c1-c1ccnc2cc(F)ccc12. The molecule has 4 rings (SSSR count). The van der Waals surface area contributed by atoms with Crippen molar-refractivity contribution in [2.75, 3.05) is 13.1 Å². The normalized spacial score (nSPS) is 11.4. The number of rotatable bonds is 7. The minimum absolute atomic E-state index is 0.287. The van der Waals surface area contributed by atoms with E-state index >= 15 is 0 Å². The van der Waals surface area contributed by atoms with Crippen LogP contribution in [0.25, 0.3) is 33.4 Å². The van der Waals surface area contributed by atoms with Gasteiger partial charge in [-0.05, 0) is 68.2 Å². The fraction of sp³-hybridized carbons (Fsp3) is 0.280. The Morgan fingerprint density at radius 1 is 1.06 bits per heavy atom. The number of aromatic nitrogens is 3. The second-order valence-electron chi connectivity index (χ2n) is 8.00. The summed E-state index contributed by atoms with van der Waals surface area (Å²) in [5, 5.41) is 4.35. The first kappa shape index (κ1) is 21.2. The number of nitrogens with one attached hydrogen (secondary N) is 1. The van der Waals surface area contributed by atoms with Crippen molar-refractivity contribution in [2.45, 2.75) is 26.8 Å². The molecule has 0 spiro atoms. The summed E-state index contributed by atoms with van der Waals surface area (Å²) >= 11 is 0. The maximum absolute atomic E-state index is 13.7. The molecular formula is C25H28FN5. The molecule has 2 heterocycles. The van der Waals surface area contributed by atoms with Crippen molar-refractivity contribution in [3.05, 3.63) is 71.4 Å². The predicted octanol–water partition coefficient (Wildman–Crippen LogP) is 4.50. The third kappa shape index (κ3) is 4.22. The van der Waals surface area contributed by atoms with Gasteiger partial charge in [-0.15, -0.1) is 0 Å². The van der Waals surface area contributed by atoms with Crippen LogP contribution in [0.5, 0.6) is 0 Å². The van der Waals surface area contributed by atoms with Crippen LogP contribution in [-0.4, -0.2) is 27.6 Å². The molecule has 0 amide bonds. The van der Waals surface area contributed by atoms with Gasteiger partial charge in [0.25, 0.3) is 0 Å². The molecule has 0 saturated carbocycles. The number of pyridine rings is 1. The van der Waals surface area contributed by atoms with Gasteiger partial charge in [-0.2, -0.15) is 0 Å². The largest absolute Gasteiger partial charge is 0.333 e. The van der Waals surface area contributed by atoms with E-state index in [1.54, 1.807) is 12.3 Å². The average molecular weight is 418 g/mol. The topological polar surface area (TPSA) is 68.8 Å². The molecular weight excluding hydrogens is 389 g/mol. The van der Waals surface area contributed by atoms with Gasteiger partial charge in [0, 0.05) is 42.4 Å². The lowest BCUT2D eigenvalue weighted by atomic mass is 9.93. The van der Waals surface area contributed by atoms with Crippen LogP contribution in [0.2, 0.25) is 0 Å². The molecule has 0 unspecified atom stereocenters. The molecule has 0 atom stereocenters. The Kier molecular flexibility index (Phi) is 6.11. The number of fused-ring (bicyclic) bond motifs is 1. The van der Waals surface area contributed by atoms with E-state index in [1.807, 2.05) is 24.0 Å². The molecule has 31 heavy (non-hydrogen) atoms. The van der Waals surface area contributed by atoms with Crippen molar-refractivity contribution in [1.82, 2.24) is 19.9 Å². The van der Waals surface area contributed by atoms with E-state index in [9.17, 15) is 4.39 Å². The first-order valence-electron chi connectivity index (χ1n) is 10.6. The standard InChI is InChI=1S/C25H28FN5/c1-16-11-18(14-28-9-4-8-27)12-17(2)23(16)24-25(31(3)15-30-24)21-7-10-29-22-13-19(26)5-6-20(21)22/h5-7,10-13,15,28H,4,8-9,14,27H2,1-3H3. The number of imidazole rings is 1. The summed E-state index contributed by atoms with van der Waals surface area (Å²) in [4.78, 5) is 9.11. The van der Waals surface area contributed by atoms with E-state index in [1.165, 1.54) is 28.8 Å². The lowest BCUT2D eigenvalue weighted by Gasteiger charge is -2.15. The lowest BCUT2D eigenvalue weighted by molar-refractivity contribution is 0.629. The van der Waals surface area contributed by atoms with Crippen molar-refractivity contribution < 1.29 is 4.39 Å². The second kappa shape index (κ2) is 8.96. The molecule has 0 bridgehead atoms. The van der Waals surface area contributed by atoms with Crippen molar-refractivity contribution in [2.24, 2.45) is 12.8 Å². The summed E-state index contributed by atoms with van der Waals surface area (Å²) in [6.07, 6.45) is 4.53. The van der Waals surface area contributed by atoms with Gasteiger partial charge >= 0.3 is 0 Å². The van der Waals surface area contributed by atoms with Crippen molar-refractivity contribution >= 4 is 10.9 Å². The van der Waals surface area contributed by atoms with Gasteiger partial charge in [-0.25, -0.2) is 9.37 Å². The van der Waals surface area contributed by atoms with E-state index in [0.29, 0.717) is 12.1 Å². The molecule has 2 aromatic carbocycles. The molecule has 0 aliphatic rings. The quantitative estimate of drug-likeness (QED) is 0.435. The van der Waals surface area contributed by atoms with Gasteiger partial charge < -0.3 is 15.6 Å². The highest BCUT2D eigenvalue weighted by atomic mass is 19.1. The zero-order chi connectivity index (χ0) is 22.0. The third-order valence-corrected chi connectivity index (χ3v) is 5.61. The van der Waals surface area contributed by atoms with Gasteiger partial charge in [-0.3, -0.25) is 4.98 Å². The highest BCUT2D eigenvalue weighted by Gasteiger charge is 2.19. The number of aryl methyl sites for hydroxylation is 3. The van der Waals surface area contributed by atoms with Crippen LogP contribution in [0, 0.1) is 19.7 Å². The summed E-state index contributed by atoms with van der Waals surface area (Å²) in [7, 11) is 1.99. The van der Waals surface area contributed by atoms with E-state index in [4.69, 9.17) is 10.7 Å². The summed E-state index contributed by atoms with van der Waals surface area (Å²) in [5.41, 5.74) is 13.9. The zero-order valence-electron chi connectivity index (χ0n) is 18.2. The highest BCUT2D eigenvalue weighted by molar-refractivity contribution is 5.97. The Balaban J connectivity index is 1.79. The van der Waals surface area contributed by atoms with Gasteiger partial charge in [0.2, 0.25) is 0 Å². The van der Waals surface area contributed by atoms with Crippen LogP contribution < -0.4 is 11.1 Å². The first-order valence-corrected chi connectivity index (χ1v) is 10.6. The van der Waals surface area contributed by atoms with E-state index in [2.05, 4.69) is 36.3 Å². The first-order chi connectivity index (χ1) is 15.0. The number of halogens is 1. The summed E-state index contributed by atoms with van der Waals surface area (Å²) < 4.78 is 15.8. The van der Waals surface area contributed by atoms with E-state index in [0.717, 1.165) is 47.4 Å². The van der Waals surface area contributed by atoms with Crippen LogP contribution in [0.15, 0.2) is 48.9 Å². The van der Waals surface area contributed by atoms with Crippen LogP contribution in [0.1, 0.15) is 23.1 Å². The summed E-state index contributed by atoms with van der Waals surface area (Å²) in [5.74, 6) is -0.287. The number of nitrogens with zero attached hydrogens (tertiary/aromatic N) is 3. The molecule has 0 aliphatic heterocycles. The number of nitrogens with two attached hydrogens (primary N) is 1. The number of benzene rings is 2. The second-order valence-corrected chi connectivity index (χ2v) is 8.00. The Hall–Kier alpha value is -3.09. The fourth-order valence-corrected chi connectivity index (χ4v) is 4.25. The van der Waals surface area contributed by atoms with Crippen LogP contribution in [0.3, 0.4) is 0 Å². The van der Waals surface area contributed by atoms with Gasteiger partial charge in [0.05, 0.1) is 23.2 Å². The zero-order valence-corrected chi connectivity index (χ0v) is 18.2. The fourth-order valence-electron chi connectivity index (χ4n) is 4.25. The highest BCUT2D eigenvalue weighted by Crippen LogP contribution is 2.37. The molecule has 6 heteroatoms. The summed E-state index contributed by atoms with van der Waals surface area (Å²) in [6.45, 7) is 6.69. The molecule has 0 radical (unpaired) electrons. The van der Waals surface area contributed by atoms with Crippen LogP contribution >= 0.6 is 0 Å². The predicted molar refractivity (Wildman–Crippen MR) is 124 cm³/mol. The van der Waals surface area contributed by atoms with Gasteiger partial charge in [0.1, 0.15) is 5.82 Å². The van der Waals surface area contributed by atoms with Crippen molar-refractivity contribution in [3.8, 4) is 22.5 Å². The molecule has 4 aromatic rings. The molecule has 0 fully saturated rings. The third-order valence-electron chi connectivity index (χ3n) is 5.61. The number of hydrogen-bond donors (Lipinski definition) is 2. The van der Waals surface area contributed by atoms with Gasteiger partial charge in [-0.1, -0.05) is 12.1 Å². The van der Waals surface area contributed by atoms with Gasteiger partial charge in [0.15, 0.2) is 0 Å². The Morgan fingerprint density at radius 2 is 1.84 bits per heavy atom. The molecule has 0 saturated heterocycles. The molecule has 5 nitrogen and oxygen atoms in total. The van der Waals surface area contributed by atoms with Crippen LogP contribution in [0.4, 0.5) is 4.39 Å². The Bertz CT molecular complexity index is 1210. The monoisotopic (exact) mass is 417 g/mol. The van der Waals surface area contributed by atoms with Crippen molar-refractivity contribution in [1.29, 1.82) is 0 Å². The van der Waals surface area contributed by atoms with Crippen molar-refractivity contribution in [3.63, 3.8) is 0 Å². The van der Waals surface area contributed by atoms with E-state index in [-0.39, 0.29) is 5.82 Å². The lowest BCUT2D eigenvalue weighted by Crippen LogP contribution is -2.17. The Morgan fingerprint density at radius 3 is 2.58 bits per heavy atom. The smallest absolute Gasteiger partial charge is 0.125 e. The molecule has 160 valence electrons. The molecule has 3 N–H and O–H groups in total. The minimum Gasteiger partial charge on any atom is -0.333 e.